The number of halogens is 1. The quantitative estimate of drug-likeness (QED) is 0.738. The standard InChI is InChI=1S/C10H8ClN2/c1-7-6-12-10(13-7)8-4-2-3-5-9(8)11/h2,4-6H,1H3,(H,12,13). The van der Waals surface area contributed by atoms with E-state index in [1.54, 1.807) is 12.3 Å². The van der Waals surface area contributed by atoms with Crippen molar-refractivity contribution < 1.29 is 0 Å². The van der Waals surface area contributed by atoms with Gasteiger partial charge >= 0.3 is 0 Å². The molecule has 0 fully saturated rings. The van der Waals surface area contributed by atoms with Crippen LogP contribution in [0.15, 0.2) is 24.4 Å². The number of hydrogen-bond donors (Lipinski definition) is 1. The largest absolute Gasteiger partial charge is 0.342 e. The summed E-state index contributed by atoms with van der Waals surface area (Å²) in [6.07, 6.45) is 1.78. The Morgan fingerprint density at radius 3 is 3.00 bits per heavy atom. The molecule has 1 N–H and O–H groups in total. The van der Waals surface area contributed by atoms with Crippen LogP contribution in [-0.4, -0.2) is 9.97 Å². The summed E-state index contributed by atoms with van der Waals surface area (Å²) in [7, 11) is 0. The second-order valence-corrected chi connectivity index (χ2v) is 3.23. The molecule has 65 valence electrons. The number of hydrogen-bond acceptors (Lipinski definition) is 1. The summed E-state index contributed by atoms with van der Waals surface area (Å²) in [4.78, 5) is 7.32. The molecule has 0 spiro atoms. The van der Waals surface area contributed by atoms with Crippen LogP contribution < -0.4 is 0 Å². The van der Waals surface area contributed by atoms with Crippen LogP contribution in [0.2, 0.25) is 5.02 Å². The zero-order valence-corrected chi connectivity index (χ0v) is 7.89. The lowest BCUT2D eigenvalue weighted by Crippen LogP contribution is -1.81. The van der Waals surface area contributed by atoms with Crippen LogP contribution in [0.3, 0.4) is 0 Å². The summed E-state index contributed by atoms with van der Waals surface area (Å²) in [5.41, 5.74) is 1.94. The van der Waals surface area contributed by atoms with Crippen molar-refractivity contribution >= 4 is 11.6 Å². The van der Waals surface area contributed by atoms with Crippen LogP contribution in [0.4, 0.5) is 0 Å². The van der Waals surface area contributed by atoms with Crippen molar-refractivity contribution in [2.24, 2.45) is 0 Å². The number of H-pyrrole nitrogens is 1. The van der Waals surface area contributed by atoms with Crippen molar-refractivity contribution in [3.63, 3.8) is 0 Å². The number of nitrogens with one attached hydrogen (secondary N) is 1. The van der Waals surface area contributed by atoms with Crippen LogP contribution in [-0.2, 0) is 0 Å². The minimum absolute atomic E-state index is 0.664. The predicted octanol–water partition coefficient (Wildman–Crippen LogP) is 2.84. The molecule has 0 bridgehead atoms. The van der Waals surface area contributed by atoms with E-state index in [0.717, 1.165) is 17.1 Å². The van der Waals surface area contributed by atoms with E-state index in [4.69, 9.17) is 11.6 Å². The van der Waals surface area contributed by atoms with Gasteiger partial charge in [0, 0.05) is 17.5 Å². The highest BCUT2D eigenvalue weighted by atomic mass is 35.5. The van der Waals surface area contributed by atoms with Gasteiger partial charge in [-0.05, 0) is 25.1 Å². The van der Waals surface area contributed by atoms with Gasteiger partial charge in [0.25, 0.3) is 0 Å². The summed E-state index contributed by atoms with van der Waals surface area (Å²) in [5, 5.41) is 0.664. The summed E-state index contributed by atoms with van der Waals surface area (Å²) in [6.45, 7) is 1.96. The van der Waals surface area contributed by atoms with E-state index >= 15 is 0 Å². The lowest BCUT2D eigenvalue weighted by atomic mass is 10.2. The number of aromatic nitrogens is 2. The monoisotopic (exact) mass is 191 g/mol. The molecule has 0 aliphatic carbocycles. The van der Waals surface area contributed by atoms with E-state index in [9.17, 15) is 0 Å². The SMILES string of the molecule is Cc1cnc(-c2cc[c]cc2Cl)[nH]1. The maximum atomic E-state index is 5.98. The van der Waals surface area contributed by atoms with Gasteiger partial charge in [-0.2, -0.15) is 0 Å². The van der Waals surface area contributed by atoms with Gasteiger partial charge in [0.2, 0.25) is 0 Å². The number of aromatic amines is 1. The van der Waals surface area contributed by atoms with Crippen molar-refractivity contribution in [2.45, 2.75) is 6.92 Å². The fourth-order valence-electron chi connectivity index (χ4n) is 1.15. The molecule has 1 aromatic carbocycles. The summed E-state index contributed by atoms with van der Waals surface area (Å²) in [5.74, 6) is 0.802. The Balaban J connectivity index is 2.52. The zero-order chi connectivity index (χ0) is 9.26. The number of rotatable bonds is 1. The first kappa shape index (κ1) is 8.32. The Morgan fingerprint density at radius 2 is 2.38 bits per heavy atom. The molecule has 0 atom stereocenters. The van der Waals surface area contributed by atoms with Gasteiger partial charge in [-0.3, -0.25) is 0 Å². The average molecular weight is 192 g/mol. The Labute approximate surface area is 81.6 Å². The second-order valence-electron chi connectivity index (χ2n) is 2.82. The van der Waals surface area contributed by atoms with Crippen LogP contribution in [0.5, 0.6) is 0 Å². The van der Waals surface area contributed by atoms with Crippen LogP contribution in [0, 0.1) is 13.0 Å². The van der Waals surface area contributed by atoms with E-state index in [2.05, 4.69) is 16.0 Å². The normalized spacial score (nSPS) is 10.3. The van der Waals surface area contributed by atoms with E-state index in [1.165, 1.54) is 0 Å². The molecule has 0 aliphatic rings. The van der Waals surface area contributed by atoms with Crippen LogP contribution in [0.25, 0.3) is 11.4 Å². The Morgan fingerprint density at radius 1 is 1.54 bits per heavy atom. The van der Waals surface area contributed by atoms with Crippen molar-refractivity contribution in [3.8, 4) is 11.4 Å². The third-order valence-electron chi connectivity index (χ3n) is 1.77. The Hall–Kier alpha value is -1.28. The minimum Gasteiger partial charge on any atom is -0.342 e. The number of benzene rings is 1. The van der Waals surface area contributed by atoms with Gasteiger partial charge < -0.3 is 4.98 Å². The molecule has 1 heterocycles. The van der Waals surface area contributed by atoms with E-state index in [1.807, 2.05) is 19.1 Å². The molecule has 1 aromatic heterocycles. The fourth-order valence-corrected chi connectivity index (χ4v) is 1.37. The molecular weight excluding hydrogens is 184 g/mol. The van der Waals surface area contributed by atoms with Gasteiger partial charge in [0.15, 0.2) is 0 Å². The second kappa shape index (κ2) is 3.23. The number of imidazole rings is 1. The third-order valence-corrected chi connectivity index (χ3v) is 2.08. The van der Waals surface area contributed by atoms with Gasteiger partial charge in [-0.15, -0.1) is 0 Å². The van der Waals surface area contributed by atoms with Crippen molar-refractivity contribution in [1.82, 2.24) is 9.97 Å². The zero-order valence-electron chi connectivity index (χ0n) is 7.13. The maximum absolute atomic E-state index is 5.98. The molecule has 2 rings (SSSR count). The third kappa shape index (κ3) is 1.58. The Bertz CT molecular complexity index is 420. The molecule has 2 nitrogen and oxygen atoms in total. The van der Waals surface area contributed by atoms with Gasteiger partial charge in [-0.25, -0.2) is 4.98 Å². The molecule has 0 saturated heterocycles. The van der Waals surface area contributed by atoms with E-state index < -0.39 is 0 Å². The van der Waals surface area contributed by atoms with Crippen LogP contribution in [0.1, 0.15) is 5.69 Å². The molecule has 0 amide bonds. The summed E-state index contributed by atoms with van der Waals surface area (Å²) >= 11 is 5.98. The van der Waals surface area contributed by atoms with Crippen molar-refractivity contribution in [2.75, 3.05) is 0 Å². The van der Waals surface area contributed by atoms with Gasteiger partial charge in [-0.1, -0.05) is 17.7 Å². The summed E-state index contributed by atoms with van der Waals surface area (Å²) in [6, 6.07) is 8.34. The lowest BCUT2D eigenvalue weighted by Gasteiger charge is -1.98. The first-order chi connectivity index (χ1) is 6.27. The number of aryl methyl sites for hydroxylation is 1. The average Bonchev–Trinajstić information content (AvgIpc) is 2.53. The smallest absolute Gasteiger partial charge is 0.138 e. The Kier molecular flexibility index (Phi) is 2.07. The minimum atomic E-state index is 0.664. The maximum Gasteiger partial charge on any atom is 0.138 e. The molecule has 13 heavy (non-hydrogen) atoms. The van der Waals surface area contributed by atoms with Crippen LogP contribution >= 0.6 is 11.6 Å². The lowest BCUT2D eigenvalue weighted by molar-refractivity contribution is 1.26. The molecule has 0 saturated carbocycles. The first-order valence-electron chi connectivity index (χ1n) is 3.95. The fraction of sp³-hybridized carbons (Fsp3) is 0.100. The van der Waals surface area contributed by atoms with E-state index in [-0.39, 0.29) is 0 Å². The first-order valence-corrected chi connectivity index (χ1v) is 4.33. The molecule has 2 aromatic rings. The van der Waals surface area contributed by atoms with Gasteiger partial charge in [0.05, 0.1) is 5.02 Å². The molecular formula is C10H8ClN2. The number of nitrogens with zero attached hydrogens (tertiary/aromatic N) is 1. The molecule has 0 aliphatic heterocycles. The molecule has 3 heteroatoms. The van der Waals surface area contributed by atoms with E-state index in [0.29, 0.717) is 5.02 Å². The molecule has 0 unspecified atom stereocenters. The van der Waals surface area contributed by atoms with Gasteiger partial charge in [0.1, 0.15) is 5.82 Å². The van der Waals surface area contributed by atoms with Crippen molar-refractivity contribution in [1.29, 1.82) is 0 Å². The highest BCUT2D eigenvalue weighted by molar-refractivity contribution is 6.33. The molecule has 1 radical (unpaired) electrons. The highest BCUT2D eigenvalue weighted by Crippen LogP contribution is 2.24. The highest BCUT2D eigenvalue weighted by Gasteiger charge is 2.04. The topological polar surface area (TPSA) is 28.7 Å². The predicted molar refractivity (Wildman–Crippen MR) is 52.6 cm³/mol. The summed E-state index contributed by atoms with van der Waals surface area (Å²) < 4.78 is 0. The van der Waals surface area contributed by atoms with Crippen molar-refractivity contribution in [3.05, 3.63) is 41.2 Å².